The summed E-state index contributed by atoms with van der Waals surface area (Å²) in [7, 11) is 0. The highest BCUT2D eigenvalue weighted by atomic mass is 16.7. The molecule has 424 valence electrons. The first kappa shape index (κ1) is 67.2. The number of rotatable bonds is 42. The molecule has 7 N–H and O–H groups in total. The van der Waals surface area contributed by atoms with Gasteiger partial charge in [-0.3, -0.25) is 4.79 Å². The van der Waals surface area contributed by atoms with Gasteiger partial charge in [0.15, 0.2) is 12.6 Å². The van der Waals surface area contributed by atoms with E-state index >= 15 is 0 Å². The lowest BCUT2D eigenvalue weighted by atomic mass is 9.98. The second kappa shape index (κ2) is 46.2. The first-order valence-corrected chi connectivity index (χ1v) is 27.8. The van der Waals surface area contributed by atoms with Gasteiger partial charge in [-0.15, -0.1) is 0 Å². The predicted octanol–water partition coefficient (Wildman–Crippen LogP) is 9.52. The van der Waals surface area contributed by atoms with Crippen LogP contribution in [-0.2, 0) is 33.2 Å². The highest BCUT2D eigenvalue weighted by Gasteiger charge is 2.47. The number of carbonyl (C=O) groups excluding carboxylic acids is 1. The number of esters is 1. The van der Waals surface area contributed by atoms with E-state index in [4.69, 9.17) is 28.4 Å². The van der Waals surface area contributed by atoms with Crippen molar-refractivity contribution in [1.29, 1.82) is 0 Å². The average molecular weight is 1050 g/mol. The zero-order chi connectivity index (χ0) is 54.4. The van der Waals surface area contributed by atoms with Crippen molar-refractivity contribution in [2.45, 2.75) is 210 Å². The Kier molecular flexibility index (Phi) is 41.5. The topological polar surface area (TPSA) is 214 Å². The lowest BCUT2D eigenvalue weighted by Gasteiger charge is -2.42. The fraction of sp³-hybridized carbons (Fsp3) is 0.623. The molecule has 2 heterocycles. The highest BCUT2D eigenvalue weighted by Crippen LogP contribution is 2.26. The van der Waals surface area contributed by atoms with Gasteiger partial charge in [-0.05, 0) is 103 Å². The molecule has 0 spiro atoms. The summed E-state index contributed by atoms with van der Waals surface area (Å²) in [5.74, 6) is -0.421. The summed E-state index contributed by atoms with van der Waals surface area (Å²) >= 11 is 0. The molecule has 0 aromatic carbocycles. The van der Waals surface area contributed by atoms with Crippen LogP contribution in [0.1, 0.15) is 142 Å². The smallest absolute Gasteiger partial charge is 0.306 e. The van der Waals surface area contributed by atoms with E-state index in [0.717, 1.165) is 116 Å². The first-order chi connectivity index (χ1) is 36.6. The third-order valence-corrected chi connectivity index (χ3v) is 12.2. The standard InChI is InChI=1S/C61H96O14/c1-3-5-7-9-11-13-15-17-19-21-23-25-26-28-30-32-34-36-38-40-42-44-53(63)73-50(47-70-45-43-41-39-37-35-33-31-29-27-24-22-20-18-16-14-12-10-8-6-4-2)48-71-60-59(69)57(67)55(65)52(75-60)49-72-61-58(68)56(66)54(64)51(46-62)74-61/h5-8,11-14,17-20,23-25,27-28,30-31,33,37,39,50-52,54-62,64-69H,3-4,9-10,15-16,21-22,26,29,32,34-36,38,40-49H2,1-2H3/b7-5-,8-6-,13-11-,14-12-,19-17-,20-18-,25-23-,27-24-,30-28-,33-31-,39-37-. The number of aliphatic hydroxyl groups excluding tert-OH is 7. The Morgan fingerprint density at radius 1 is 0.440 bits per heavy atom. The Hall–Kier alpha value is -3.87. The van der Waals surface area contributed by atoms with E-state index in [1.165, 1.54) is 0 Å². The number of ether oxygens (including phenoxy) is 6. The van der Waals surface area contributed by atoms with E-state index < -0.39 is 86.7 Å². The maximum atomic E-state index is 13.1. The van der Waals surface area contributed by atoms with Crippen molar-refractivity contribution in [3.63, 3.8) is 0 Å². The van der Waals surface area contributed by atoms with Gasteiger partial charge in [-0.2, -0.15) is 0 Å². The van der Waals surface area contributed by atoms with Gasteiger partial charge in [-0.25, -0.2) is 0 Å². The number of hydrogen-bond acceptors (Lipinski definition) is 14. The van der Waals surface area contributed by atoms with Crippen LogP contribution in [0.4, 0.5) is 0 Å². The van der Waals surface area contributed by atoms with Gasteiger partial charge in [-0.1, -0.05) is 167 Å². The minimum atomic E-state index is -1.73. The molecular weight excluding hydrogens is 957 g/mol. The summed E-state index contributed by atoms with van der Waals surface area (Å²) in [5, 5.41) is 72.3. The summed E-state index contributed by atoms with van der Waals surface area (Å²) in [6.07, 6.45) is 49.4. The van der Waals surface area contributed by atoms with Crippen LogP contribution in [0.25, 0.3) is 0 Å². The molecule has 0 radical (unpaired) electrons. The molecule has 75 heavy (non-hydrogen) atoms. The molecule has 14 heteroatoms. The highest BCUT2D eigenvalue weighted by molar-refractivity contribution is 5.69. The van der Waals surface area contributed by atoms with Crippen molar-refractivity contribution >= 4 is 5.97 Å². The molecule has 0 amide bonds. The van der Waals surface area contributed by atoms with Crippen LogP contribution in [0.15, 0.2) is 134 Å². The van der Waals surface area contributed by atoms with Crippen molar-refractivity contribution in [3.05, 3.63) is 134 Å². The normalized spacial score (nSPS) is 25.7. The molecule has 2 rings (SSSR count). The molecular formula is C61H96O14. The Labute approximate surface area is 449 Å². The molecule has 2 saturated heterocycles. The molecule has 2 aliphatic heterocycles. The zero-order valence-electron chi connectivity index (χ0n) is 45.2. The van der Waals surface area contributed by atoms with Gasteiger partial charge < -0.3 is 64.2 Å². The van der Waals surface area contributed by atoms with Gasteiger partial charge >= 0.3 is 5.97 Å². The molecule has 0 aromatic rings. The monoisotopic (exact) mass is 1050 g/mol. The number of carbonyl (C=O) groups is 1. The van der Waals surface area contributed by atoms with Crippen LogP contribution in [0.5, 0.6) is 0 Å². The lowest BCUT2D eigenvalue weighted by Crippen LogP contribution is -2.61. The third kappa shape index (κ3) is 33.1. The fourth-order valence-corrected chi connectivity index (χ4v) is 7.74. The van der Waals surface area contributed by atoms with Crippen LogP contribution in [-0.4, -0.2) is 142 Å². The van der Waals surface area contributed by atoms with Gasteiger partial charge in [0.2, 0.25) is 0 Å². The minimum absolute atomic E-state index is 0.00291. The Balaban J connectivity index is 1.79. The lowest BCUT2D eigenvalue weighted by molar-refractivity contribution is -0.332. The second-order valence-electron chi connectivity index (χ2n) is 18.6. The van der Waals surface area contributed by atoms with Gasteiger partial charge in [0.05, 0.1) is 26.4 Å². The van der Waals surface area contributed by atoms with Crippen molar-refractivity contribution in [2.75, 3.05) is 33.0 Å². The molecule has 2 fully saturated rings. The quantitative estimate of drug-likeness (QED) is 0.0172. The SMILES string of the molecule is CC/C=C\C/C=C\C/C=C\C/C=C\C/C=C\C/C=C\CCCOCC(COC1OC(COC2OC(CO)C(O)C(O)C2O)C(O)C(O)C1O)OC(=O)CCCCCCC/C=C\C/C=C\C/C=C\C/C=C\C/C=C\CC. The van der Waals surface area contributed by atoms with Crippen molar-refractivity contribution < 1.29 is 69.0 Å². The van der Waals surface area contributed by atoms with Crippen LogP contribution < -0.4 is 0 Å². The van der Waals surface area contributed by atoms with E-state index in [-0.39, 0.29) is 19.6 Å². The molecule has 11 atom stereocenters. The summed E-state index contributed by atoms with van der Waals surface area (Å²) < 4.78 is 34.2. The van der Waals surface area contributed by atoms with Crippen molar-refractivity contribution in [1.82, 2.24) is 0 Å². The average Bonchev–Trinajstić information content (AvgIpc) is 3.41. The third-order valence-electron chi connectivity index (χ3n) is 12.2. The maximum Gasteiger partial charge on any atom is 0.306 e. The predicted molar refractivity (Wildman–Crippen MR) is 297 cm³/mol. The van der Waals surface area contributed by atoms with Crippen LogP contribution >= 0.6 is 0 Å². The number of aliphatic hydroxyl groups is 7. The van der Waals surface area contributed by atoms with Crippen molar-refractivity contribution in [3.8, 4) is 0 Å². The number of hydrogen-bond donors (Lipinski definition) is 7. The molecule has 14 nitrogen and oxygen atoms in total. The van der Waals surface area contributed by atoms with E-state index in [0.29, 0.717) is 13.0 Å². The van der Waals surface area contributed by atoms with Gasteiger partial charge in [0, 0.05) is 13.0 Å². The summed E-state index contributed by atoms with van der Waals surface area (Å²) in [6, 6.07) is 0. The summed E-state index contributed by atoms with van der Waals surface area (Å²) in [6.45, 7) is 3.24. The van der Waals surface area contributed by atoms with Crippen LogP contribution in [0.3, 0.4) is 0 Å². The maximum absolute atomic E-state index is 13.1. The molecule has 0 bridgehead atoms. The van der Waals surface area contributed by atoms with Crippen LogP contribution in [0.2, 0.25) is 0 Å². The molecule has 0 aliphatic carbocycles. The van der Waals surface area contributed by atoms with E-state index in [2.05, 4.69) is 148 Å². The largest absolute Gasteiger partial charge is 0.457 e. The van der Waals surface area contributed by atoms with E-state index in [1.54, 1.807) is 0 Å². The Morgan fingerprint density at radius 3 is 1.29 bits per heavy atom. The molecule has 2 aliphatic rings. The summed E-state index contributed by atoms with van der Waals surface area (Å²) in [5.41, 5.74) is 0. The zero-order valence-corrected chi connectivity index (χ0v) is 45.2. The van der Waals surface area contributed by atoms with Gasteiger partial charge in [0.1, 0.15) is 54.9 Å². The van der Waals surface area contributed by atoms with Crippen LogP contribution in [0, 0.1) is 0 Å². The van der Waals surface area contributed by atoms with Crippen molar-refractivity contribution in [2.24, 2.45) is 0 Å². The number of unbranched alkanes of at least 4 members (excludes halogenated alkanes) is 6. The molecule has 0 aromatic heterocycles. The molecule has 11 unspecified atom stereocenters. The van der Waals surface area contributed by atoms with Gasteiger partial charge in [0.25, 0.3) is 0 Å². The Morgan fingerprint density at radius 2 is 0.827 bits per heavy atom. The minimum Gasteiger partial charge on any atom is -0.457 e. The van der Waals surface area contributed by atoms with E-state index in [1.807, 2.05) is 0 Å². The van der Waals surface area contributed by atoms with E-state index in [9.17, 15) is 40.5 Å². The second-order valence-corrected chi connectivity index (χ2v) is 18.6. The molecule has 0 saturated carbocycles. The first-order valence-electron chi connectivity index (χ1n) is 27.8. The fourth-order valence-electron chi connectivity index (χ4n) is 7.74. The number of allylic oxidation sites excluding steroid dienone is 22. The summed E-state index contributed by atoms with van der Waals surface area (Å²) in [4.78, 5) is 13.1. The Bertz CT molecular complexity index is 1740.